The van der Waals surface area contributed by atoms with Gasteiger partial charge < -0.3 is 0 Å². The Kier molecular flexibility index (Phi) is 6.00. The molecule has 0 aliphatic carbocycles. The van der Waals surface area contributed by atoms with Crippen LogP contribution in [0, 0.1) is 0 Å². The number of aromatic amines is 1. The molecule has 0 spiro atoms. The number of nitrogens with zero attached hydrogens (tertiary/aromatic N) is 2. The third kappa shape index (κ3) is 5.42. The Bertz CT molecular complexity index is 931. The van der Waals surface area contributed by atoms with Gasteiger partial charge in [0.05, 0.1) is 6.54 Å². The quantitative estimate of drug-likeness (QED) is 0.610. The minimum Gasteiger partial charge on any atom is -0.293 e. The minimum absolute atomic E-state index is 0.129. The van der Waals surface area contributed by atoms with Gasteiger partial charge in [-0.15, -0.1) is 0 Å². The molecule has 142 valence electrons. The number of hydrogen-bond donors (Lipinski definition) is 1. The smallest absolute Gasteiger partial charge is 0.293 e. The van der Waals surface area contributed by atoms with Gasteiger partial charge in [0.2, 0.25) is 0 Å². The molecule has 0 aliphatic heterocycles. The molecule has 0 atom stereocenters. The first-order chi connectivity index (χ1) is 12.8. The van der Waals surface area contributed by atoms with Crippen LogP contribution in [-0.4, -0.2) is 14.8 Å². The summed E-state index contributed by atoms with van der Waals surface area (Å²) in [4.78, 5) is 15.1. The Morgan fingerprint density at radius 3 is 2.22 bits per heavy atom. The third-order valence-corrected chi connectivity index (χ3v) is 5.20. The van der Waals surface area contributed by atoms with Crippen molar-refractivity contribution < 1.29 is 0 Å². The van der Waals surface area contributed by atoms with Gasteiger partial charge in [0, 0.05) is 10.9 Å². The highest BCUT2D eigenvalue weighted by atomic mass is 79.9. The molecule has 1 N–H and O–H groups in total. The molecule has 0 saturated carbocycles. The lowest BCUT2D eigenvalue weighted by Crippen LogP contribution is -2.19. The minimum atomic E-state index is -0.145. The maximum atomic E-state index is 12.2. The van der Waals surface area contributed by atoms with Crippen LogP contribution in [0.15, 0.2) is 57.8 Å². The van der Waals surface area contributed by atoms with E-state index in [2.05, 4.69) is 95.3 Å². The zero-order valence-electron chi connectivity index (χ0n) is 16.1. The average molecular weight is 428 g/mol. The van der Waals surface area contributed by atoms with E-state index in [1.54, 1.807) is 0 Å². The Hall–Kier alpha value is -2.14. The van der Waals surface area contributed by atoms with Crippen molar-refractivity contribution in [2.24, 2.45) is 0 Å². The van der Waals surface area contributed by atoms with Gasteiger partial charge in [-0.2, -0.15) is 5.10 Å². The second kappa shape index (κ2) is 8.26. The van der Waals surface area contributed by atoms with Gasteiger partial charge in [0.25, 0.3) is 0 Å². The fourth-order valence-corrected chi connectivity index (χ4v) is 3.28. The molecule has 0 saturated heterocycles. The van der Waals surface area contributed by atoms with Gasteiger partial charge >= 0.3 is 5.69 Å². The van der Waals surface area contributed by atoms with Gasteiger partial charge in [0.1, 0.15) is 5.82 Å². The van der Waals surface area contributed by atoms with Crippen LogP contribution in [0.1, 0.15) is 49.7 Å². The number of aryl methyl sites for hydroxylation is 2. The van der Waals surface area contributed by atoms with Crippen LogP contribution < -0.4 is 5.69 Å². The number of halogens is 1. The third-order valence-electron chi connectivity index (χ3n) is 4.67. The van der Waals surface area contributed by atoms with Crippen molar-refractivity contribution in [3.05, 3.63) is 86.0 Å². The molecule has 0 amide bonds. The first-order valence-corrected chi connectivity index (χ1v) is 10.1. The SMILES string of the molecule is CC(C)(C)c1ccc(Cn2nc(CCCc3ccc(Br)cc3)[nH]c2=O)cc1. The molecule has 2 aromatic carbocycles. The molecule has 1 heterocycles. The zero-order valence-corrected chi connectivity index (χ0v) is 17.7. The van der Waals surface area contributed by atoms with E-state index in [-0.39, 0.29) is 11.1 Å². The van der Waals surface area contributed by atoms with Gasteiger partial charge in [-0.3, -0.25) is 4.98 Å². The molecular formula is C22H26BrN3O. The van der Waals surface area contributed by atoms with Crippen LogP contribution in [0.4, 0.5) is 0 Å². The Balaban J connectivity index is 1.59. The Morgan fingerprint density at radius 1 is 0.963 bits per heavy atom. The van der Waals surface area contributed by atoms with E-state index in [1.165, 1.54) is 15.8 Å². The molecule has 27 heavy (non-hydrogen) atoms. The molecule has 0 aliphatic rings. The van der Waals surface area contributed by atoms with Crippen LogP contribution in [0.25, 0.3) is 0 Å². The van der Waals surface area contributed by atoms with Crippen LogP contribution in [0.2, 0.25) is 0 Å². The lowest BCUT2D eigenvalue weighted by atomic mass is 9.87. The topological polar surface area (TPSA) is 50.7 Å². The number of nitrogens with one attached hydrogen (secondary N) is 1. The average Bonchev–Trinajstić information content (AvgIpc) is 2.96. The molecule has 3 rings (SSSR count). The monoisotopic (exact) mass is 427 g/mol. The fraction of sp³-hybridized carbons (Fsp3) is 0.364. The van der Waals surface area contributed by atoms with E-state index >= 15 is 0 Å². The van der Waals surface area contributed by atoms with E-state index in [4.69, 9.17) is 0 Å². The van der Waals surface area contributed by atoms with Gasteiger partial charge in [-0.05, 0) is 47.1 Å². The summed E-state index contributed by atoms with van der Waals surface area (Å²) in [6.07, 6.45) is 2.69. The molecule has 0 fully saturated rings. The second-order valence-corrected chi connectivity index (χ2v) is 8.88. The molecule has 0 bridgehead atoms. The highest BCUT2D eigenvalue weighted by molar-refractivity contribution is 9.10. The Morgan fingerprint density at radius 2 is 1.59 bits per heavy atom. The summed E-state index contributed by atoms with van der Waals surface area (Å²) in [5.74, 6) is 0.753. The number of rotatable bonds is 6. The van der Waals surface area contributed by atoms with Crippen molar-refractivity contribution in [2.75, 3.05) is 0 Å². The Labute approximate surface area is 168 Å². The van der Waals surface area contributed by atoms with Crippen molar-refractivity contribution in [2.45, 2.75) is 52.0 Å². The lowest BCUT2D eigenvalue weighted by molar-refractivity contribution is 0.589. The predicted octanol–water partition coefficient (Wildman–Crippen LogP) is 4.86. The van der Waals surface area contributed by atoms with E-state index in [1.807, 2.05) is 0 Å². The largest absolute Gasteiger partial charge is 0.343 e. The van der Waals surface area contributed by atoms with Crippen molar-refractivity contribution in [3.8, 4) is 0 Å². The molecule has 4 nitrogen and oxygen atoms in total. The summed E-state index contributed by atoms with van der Waals surface area (Å²) in [7, 11) is 0. The number of H-pyrrole nitrogens is 1. The first-order valence-electron chi connectivity index (χ1n) is 9.31. The molecule has 1 aromatic heterocycles. The summed E-state index contributed by atoms with van der Waals surface area (Å²) in [5, 5.41) is 4.46. The van der Waals surface area contributed by atoms with E-state index in [9.17, 15) is 4.79 Å². The second-order valence-electron chi connectivity index (χ2n) is 7.96. The van der Waals surface area contributed by atoms with Crippen molar-refractivity contribution in [3.63, 3.8) is 0 Å². The molecule has 5 heteroatoms. The van der Waals surface area contributed by atoms with E-state index in [0.29, 0.717) is 6.54 Å². The molecular weight excluding hydrogens is 402 g/mol. The van der Waals surface area contributed by atoms with Crippen molar-refractivity contribution >= 4 is 15.9 Å². The summed E-state index contributed by atoms with van der Waals surface area (Å²) in [6.45, 7) is 7.08. The van der Waals surface area contributed by atoms with Gasteiger partial charge in [-0.25, -0.2) is 9.48 Å². The molecule has 0 unspecified atom stereocenters. The first kappa shape index (κ1) is 19.6. The van der Waals surface area contributed by atoms with Crippen LogP contribution in [0.5, 0.6) is 0 Å². The van der Waals surface area contributed by atoms with Crippen molar-refractivity contribution in [1.82, 2.24) is 14.8 Å². The van der Waals surface area contributed by atoms with Crippen LogP contribution in [0.3, 0.4) is 0 Å². The van der Waals surface area contributed by atoms with E-state index < -0.39 is 0 Å². The maximum absolute atomic E-state index is 12.2. The predicted molar refractivity (Wildman–Crippen MR) is 113 cm³/mol. The molecule has 3 aromatic rings. The zero-order chi connectivity index (χ0) is 19.4. The summed E-state index contributed by atoms with van der Waals surface area (Å²) >= 11 is 3.45. The van der Waals surface area contributed by atoms with Gasteiger partial charge in [-0.1, -0.05) is 73.1 Å². The maximum Gasteiger partial charge on any atom is 0.343 e. The summed E-state index contributed by atoms with van der Waals surface area (Å²) < 4.78 is 2.60. The van der Waals surface area contributed by atoms with Crippen LogP contribution >= 0.6 is 15.9 Å². The molecule has 0 radical (unpaired) electrons. The van der Waals surface area contributed by atoms with E-state index in [0.717, 1.165) is 35.1 Å². The highest BCUT2D eigenvalue weighted by Crippen LogP contribution is 2.22. The number of hydrogen-bond acceptors (Lipinski definition) is 2. The number of benzene rings is 2. The fourth-order valence-electron chi connectivity index (χ4n) is 3.02. The summed E-state index contributed by atoms with van der Waals surface area (Å²) in [5.41, 5.74) is 3.64. The highest BCUT2D eigenvalue weighted by Gasteiger charge is 2.13. The van der Waals surface area contributed by atoms with Gasteiger partial charge in [0.15, 0.2) is 0 Å². The normalized spacial score (nSPS) is 11.7. The standard InChI is InChI=1S/C22H26BrN3O/c1-22(2,3)18-11-7-17(8-12-18)15-26-21(27)24-20(25-26)6-4-5-16-9-13-19(23)14-10-16/h7-14H,4-6,15H2,1-3H3,(H,24,25,27). The number of aromatic nitrogens is 3. The van der Waals surface area contributed by atoms with Crippen molar-refractivity contribution in [1.29, 1.82) is 0 Å². The summed E-state index contributed by atoms with van der Waals surface area (Å²) in [6, 6.07) is 16.8. The lowest BCUT2D eigenvalue weighted by Gasteiger charge is -2.19. The van der Waals surface area contributed by atoms with Crippen LogP contribution in [-0.2, 0) is 24.8 Å².